The Morgan fingerprint density at radius 2 is 1.63 bits per heavy atom. The number of benzene rings is 2. The Kier molecular flexibility index (Phi) is 4.94. The number of para-hydroxylation sites is 1. The highest BCUT2D eigenvalue weighted by molar-refractivity contribution is 6.39. The molecule has 0 saturated carbocycles. The average molecular weight is 296 g/mol. The molecule has 100 valence electrons. The van der Waals surface area contributed by atoms with Crippen LogP contribution >= 0.6 is 23.2 Å². The highest BCUT2D eigenvalue weighted by atomic mass is 35.5. The van der Waals surface area contributed by atoms with Crippen molar-refractivity contribution in [1.82, 2.24) is 0 Å². The Hall–Kier alpha value is -1.38. The molecule has 2 rings (SSSR count). The van der Waals surface area contributed by atoms with Crippen molar-refractivity contribution in [2.75, 3.05) is 18.5 Å². The minimum Gasteiger partial charge on any atom is -0.492 e. The quantitative estimate of drug-likeness (QED) is 0.801. The van der Waals surface area contributed by atoms with Crippen molar-refractivity contribution in [2.45, 2.75) is 6.92 Å². The average Bonchev–Trinajstić information content (AvgIpc) is 2.39. The van der Waals surface area contributed by atoms with Gasteiger partial charge in [-0.15, -0.1) is 0 Å². The predicted molar refractivity (Wildman–Crippen MR) is 81.6 cm³/mol. The van der Waals surface area contributed by atoms with E-state index in [1.54, 1.807) is 12.1 Å². The third-order valence-electron chi connectivity index (χ3n) is 2.66. The Labute approximate surface area is 123 Å². The van der Waals surface area contributed by atoms with Crippen molar-refractivity contribution in [2.24, 2.45) is 0 Å². The molecule has 0 aliphatic carbocycles. The number of aryl methyl sites for hydroxylation is 1. The van der Waals surface area contributed by atoms with Crippen LogP contribution in [-0.2, 0) is 0 Å². The lowest BCUT2D eigenvalue weighted by Gasteiger charge is -2.11. The smallest absolute Gasteiger partial charge is 0.119 e. The summed E-state index contributed by atoms with van der Waals surface area (Å²) in [4.78, 5) is 0. The molecule has 0 amide bonds. The fraction of sp³-hybridized carbons (Fsp3) is 0.200. The van der Waals surface area contributed by atoms with E-state index in [2.05, 4.69) is 5.32 Å². The molecule has 0 aliphatic heterocycles. The molecule has 0 fully saturated rings. The van der Waals surface area contributed by atoms with Gasteiger partial charge in [-0.1, -0.05) is 47.0 Å². The molecule has 2 nitrogen and oxygen atoms in total. The van der Waals surface area contributed by atoms with Crippen LogP contribution in [0.2, 0.25) is 10.0 Å². The van der Waals surface area contributed by atoms with Crippen LogP contribution in [0, 0.1) is 6.92 Å². The Morgan fingerprint density at radius 1 is 1.00 bits per heavy atom. The SMILES string of the molecule is Cc1ccc(OCCNc2c(Cl)cccc2Cl)cc1. The maximum absolute atomic E-state index is 6.06. The van der Waals surface area contributed by atoms with Gasteiger partial charge in [0.2, 0.25) is 0 Å². The molecule has 0 heterocycles. The number of rotatable bonds is 5. The molecule has 0 bridgehead atoms. The highest BCUT2D eigenvalue weighted by Gasteiger charge is 2.03. The van der Waals surface area contributed by atoms with Crippen molar-refractivity contribution in [3.8, 4) is 5.75 Å². The van der Waals surface area contributed by atoms with E-state index in [1.165, 1.54) is 5.56 Å². The summed E-state index contributed by atoms with van der Waals surface area (Å²) >= 11 is 12.1. The second-order valence-electron chi connectivity index (χ2n) is 4.18. The van der Waals surface area contributed by atoms with Crippen molar-refractivity contribution in [3.05, 3.63) is 58.1 Å². The molecule has 0 aromatic heterocycles. The molecule has 2 aromatic carbocycles. The van der Waals surface area contributed by atoms with Gasteiger partial charge in [-0.2, -0.15) is 0 Å². The minimum absolute atomic E-state index is 0.546. The van der Waals surface area contributed by atoms with E-state index in [0.717, 1.165) is 11.4 Å². The number of ether oxygens (including phenoxy) is 1. The number of hydrogen-bond donors (Lipinski definition) is 1. The van der Waals surface area contributed by atoms with Gasteiger partial charge in [-0.3, -0.25) is 0 Å². The first-order valence-corrected chi connectivity index (χ1v) is 6.80. The number of halogens is 2. The van der Waals surface area contributed by atoms with E-state index in [9.17, 15) is 0 Å². The molecule has 0 saturated heterocycles. The third-order valence-corrected chi connectivity index (χ3v) is 3.29. The predicted octanol–water partition coefficient (Wildman–Crippen LogP) is 4.79. The first-order chi connectivity index (χ1) is 9.16. The zero-order valence-corrected chi connectivity index (χ0v) is 12.1. The van der Waals surface area contributed by atoms with Gasteiger partial charge in [-0.05, 0) is 31.2 Å². The maximum Gasteiger partial charge on any atom is 0.119 e. The second-order valence-corrected chi connectivity index (χ2v) is 5.00. The van der Waals surface area contributed by atoms with Crippen LogP contribution in [0.1, 0.15) is 5.56 Å². The largest absolute Gasteiger partial charge is 0.492 e. The van der Waals surface area contributed by atoms with Gasteiger partial charge >= 0.3 is 0 Å². The van der Waals surface area contributed by atoms with Crippen LogP contribution in [0.25, 0.3) is 0 Å². The molecular formula is C15H15Cl2NO. The van der Waals surface area contributed by atoms with Crippen molar-refractivity contribution < 1.29 is 4.74 Å². The van der Waals surface area contributed by atoms with E-state index in [1.807, 2.05) is 37.3 Å². The van der Waals surface area contributed by atoms with E-state index in [-0.39, 0.29) is 0 Å². The van der Waals surface area contributed by atoms with E-state index < -0.39 is 0 Å². The van der Waals surface area contributed by atoms with Gasteiger partial charge in [0.1, 0.15) is 12.4 Å². The standard InChI is InChI=1S/C15H15Cl2NO/c1-11-5-7-12(8-6-11)19-10-9-18-15-13(16)3-2-4-14(15)17/h2-8,18H,9-10H2,1H3. The van der Waals surface area contributed by atoms with Crippen molar-refractivity contribution in [3.63, 3.8) is 0 Å². The number of hydrogen-bond acceptors (Lipinski definition) is 2. The second kappa shape index (κ2) is 6.69. The van der Waals surface area contributed by atoms with Gasteiger partial charge in [0, 0.05) is 6.54 Å². The van der Waals surface area contributed by atoms with Crippen LogP contribution in [-0.4, -0.2) is 13.2 Å². The summed E-state index contributed by atoms with van der Waals surface area (Å²) in [5.74, 6) is 0.859. The third kappa shape index (κ3) is 4.05. The van der Waals surface area contributed by atoms with Gasteiger partial charge in [0.25, 0.3) is 0 Å². The molecule has 2 aromatic rings. The lowest BCUT2D eigenvalue weighted by atomic mass is 10.2. The molecule has 4 heteroatoms. The molecule has 1 N–H and O–H groups in total. The number of anilines is 1. The van der Waals surface area contributed by atoms with Gasteiger partial charge < -0.3 is 10.1 Å². The lowest BCUT2D eigenvalue weighted by molar-refractivity contribution is 0.333. The van der Waals surface area contributed by atoms with Gasteiger partial charge in [-0.25, -0.2) is 0 Å². The summed E-state index contributed by atoms with van der Waals surface area (Å²) in [5.41, 5.74) is 1.96. The summed E-state index contributed by atoms with van der Waals surface area (Å²) in [7, 11) is 0. The fourth-order valence-corrected chi connectivity index (χ4v) is 2.18. The summed E-state index contributed by atoms with van der Waals surface area (Å²) in [6, 6.07) is 13.4. The Morgan fingerprint density at radius 3 is 2.26 bits per heavy atom. The molecular weight excluding hydrogens is 281 g/mol. The van der Waals surface area contributed by atoms with E-state index in [0.29, 0.717) is 23.2 Å². The van der Waals surface area contributed by atoms with Crippen molar-refractivity contribution >= 4 is 28.9 Å². The normalized spacial score (nSPS) is 10.3. The van der Waals surface area contributed by atoms with Crippen LogP contribution in [0.3, 0.4) is 0 Å². The summed E-state index contributed by atoms with van der Waals surface area (Å²) in [6.07, 6.45) is 0. The molecule has 0 aliphatic rings. The lowest BCUT2D eigenvalue weighted by Crippen LogP contribution is -2.12. The van der Waals surface area contributed by atoms with E-state index in [4.69, 9.17) is 27.9 Å². The molecule has 0 radical (unpaired) electrons. The van der Waals surface area contributed by atoms with Gasteiger partial charge in [0.15, 0.2) is 0 Å². The van der Waals surface area contributed by atoms with Crippen LogP contribution in [0.15, 0.2) is 42.5 Å². The zero-order chi connectivity index (χ0) is 13.7. The fourth-order valence-electron chi connectivity index (χ4n) is 1.65. The maximum atomic E-state index is 6.06. The minimum atomic E-state index is 0.546. The van der Waals surface area contributed by atoms with Crippen LogP contribution < -0.4 is 10.1 Å². The summed E-state index contributed by atoms with van der Waals surface area (Å²) < 4.78 is 5.61. The van der Waals surface area contributed by atoms with Crippen molar-refractivity contribution in [1.29, 1.82) is 0 Å². The zero-order valence-electron chi connectivity index (χ0n) is 10.6. The molecule has 0 spiro atoms. The van der Waals surface area contributed by atoms with Crippen LogP contribution in [0.5, 0.6) is 5.75 Å². The Balaban J connectivity index is 1.82. The summed E-state index contributed by atoms with van der Waals surface area (Å²) in [6.45, 7) is 3.23. The van der Waals surface area contributed by atoms with Crippen LogP contribution in [0.4, 0.5) is 5.69 Å². The van der Waals surface area contributed by atoms with Gasteiger partial charge in [0.05, 0.1) is 15.7 Å². The monoisotopic (exact) mass is 295 g/mol. The summed E-state index contributed by atoms with van der Waals surface area (Å²) in [5, 5.41) is 4.40. The molecule has 0 atom stereocenters. The first kappa shape index (κ1) is 14.0. The molecule has 0 unspecified atom stereocenters. The first-order valence-electron chi connectivity index (χ1n) is 6.04. The Bertz CT molecular complexity index is 520. The topological polar surface area (TPSA) is 21.3 Å². The highest BCUT2D eigenvalue weighted by Crippen LogP contribution is 2.29. The number of nitrogens with one attached hydrogen (secondary N) is 1. The van der Waals surface area contributed by atoms with E-state index >= 15 is 0 Å². The molecule has 19 heavy (non-hydrogen) atoms.